The van der Waals surface area contributed by atoms with Gasteiger partial charge >= 0.3 is 0 Å². The molecule has 0 fully saturated rings. The summed E-state index contributed by atoms with van der Waals surface area (Å²) in [5, 5.41) is 5.31. The van der Waals surface area contributed by atoms with E-state index in [9.17, 15) is 4.79 Å². The Kier molecular flexibility index (Phi) is 7.82. The van der Waals surface area contributed by atoms with Crippen LogP contribution in [0.3, 0.4) is 0 Å². The molecule has 34 heavy (non-hydrogen) atoms. The van der Waals surface area contributed by atoms with E-state index < -0.39 is 0 Å². The van der Waals surface area contributed by atoms with Gasteiger partial charge in [-0.15, -0.1) is 0 Å². The molecule has 0 aromatic heterocycles. The predicted octanol–water partition coefficient (Wildman–Crippen LogP) is 6.57. The van der Waals surface area contributed by atoms with Crippen LogP contribution in [0.5, 0.6) is 11.5 Å². The van der Waals surface area contributed by atoms with Crippen LogP contribution in [0.1, 0.15) is 41.8 Å². The Morgan fingerprint density at radius 3 is 2.44 bits per heavy atom. The second-order valence-electron chi connectivity index (χ2n) is 8.42. The number of ether oxygens (including phenoxy) is 2. The van der Waals surface area contributed by atoms with E-state index >= 15 is 0 Å². The predicted molar refractivity (Wildman–Crippen MR) is 138 cm³/mol. The average molecular weight is 454 g/mol. The molecule has 4 rings (SSSR count). The van der Waals surface area contributed by atoms with Crippen LogP contribution in [-0.4, -0.2) is 18.6 Å². The van der Waals surface area contributed by atoms with Crippen LogP contribution >= 0.6 is 0 Å². The lowest BCUT2D eigenvalue weighted by atomic mass is 10.1. The van der Waals surface area contributed by atoms with Gasteiger partial charge in [0.05, 0.1) is 6.61 Å². The summed E-state index contributed by atoms with van der Waals surface area (Å²) in [5.41, 5.74) is 2.73. The first kappa shape index (κ1) is 23.4. The minimum Gasteiger partial charge on any atom is -0.493 e. The fourth-order valence-corrected chi connectivity index (χ4v) is 4.01. The maximum absolute atomic E-state index is 12.9. The van der Waals surface area contributed by atoms with Crippen LogP contribution in [0.25, 0.3) is 10.8 Å². The third-order valence-corrected chi connectivity index (χ3v) is 5.84. The average Bonchev–Trinajstić information content (AvgIpc) is 2.87. The lowest BCUT2D eigenvalue weighted by Crippen LogP contribution is -2.33. The van der Waals surface area contributed by atoms with Crippen molar-refractivity contribution in [2.75, 3.05) is 6.61 Å². The van der Waals surface area contributed by atoms with Crippen molar-refractivity contribution in [3.05, 3.63) is 108 Å². The minimum absolute atomic E-state index is 0.0645. The van der Waals surface area contributed by atoms with Crippen LogP contribution in [0.2, 0.25) is 0 Å². The summed E-state index contributed by atoms with van der Waals surface area (Å²) in [6, 6.07) is 30.1. The fourth-order valence-electron chi connectivity index (χ4n) is 4.01. The van der Waals surface area contributed by atoms with E-state index in [2.05, 4.69) is 35.6 Å². The molecule has 1 N–H and O–H groups in total. The number of carbonyl (C=O) groups is 1. The second-order valence-corrected chi connectivity index (χ2v) is 8.42. The first-order valence-corrected chi connectivity index (χ1v) is 11.8. The molecule has 0 bridgehead atoms. The molecule has 4 aromatic carbocycles. The number of amides is 1. The molecule has 4 nitrogen and oxygen atoms in total. The van der Waals surface area contributed by atoms with Gasteiger partial charge in [-0.3, -0.25) is 4.79 Å². The largest absolute Gasteiger partial charge is 0.493 e. The summed E-state index contributed by atoms with van der Waals surface area (Å²) in [6.45, 7) is 4.85. The number of hydrogen-bond donors (Lipinski definition) is 1. The van der Waals surface area contributed by atoms with Crippen molar-refractivity contribution in [3.8, 4) is 11.5 Å². The van der Waals surface area contributed by atoms with Crippen molar-refractivity contribution < 1.29 is 14.3 Å². The Balaban J connectivity index is 1.45. The van der Waals surface area contributed by atoms with E-state index in [1.165, 1.54) is 5.56 Å². The highest BCUT2D eigenvalue weighted by Crippen LogP contribution is 2.28. The van der Waals surface area contributed by atoms with Crippen molar-refractivity contribution in [1.29, 1.82) is 0 Å². The molecule has 0 heterocycles. The molecule has 1 atom stereocenters. The first-order valence-electron chi connectivity index (χ1n) is 11.8. The van der Waals surface area contributed by atoms with Gasteiger partial charge in [-0.2, -0.15) is 0 Å². The van der Waals surface area contributed by atoms with Crippen LogP contribution < -0.4 is 14.8 Å². The summed E-state index contributed by atoms with van der Waals surface area (Å²) >= 11 is 0. The van der Waals surface area contributed by atoms with Gasteiger partial charge in [0, 0.05) is 22.6 Å². The van der Waals surface area contributed by atoms with Gasteiger partial charge in [-0.25, -0.2) is 0 Å². The Morgan fingerprint density at radius 1 is 0.853 bits per heavy atom. The topological polar surface area (TPSA) is 47.6 Å². The fraction of sp³-hybridized carbons (Fsp3) is 0.233. The van der Waals surface area contributed by atoms with Gasteiger partial charge in [-0.1, -0.05) is 66.7 Å². The van der Waals surface area contributed by atoms with Crippen LogP contribution in [-0.2, 0) is 13.0 Å². The van der Waals surface area contributed by atoms with Crippen LogP contribution in [0, 0.1) is 0 Å². The molecule has 0 radical (unpaired) electrons. The zero-order chi connectivity index (χ0) is 23.8. The summed E-state index contributed by atoms with van der Waals surface area (Å²) in [6.07, 6.45) is 1.81. The number of fused-ring (bicyclic) bond motifs is 1. The maximum Gasteiger partial charge on any atom is 0.251 e. The lowest BCUT2D eigenvalue weighted by Gasteiger charge is -2.16. The molecular formula is C30H31NO3. The zero-order valence-corrected chi connectivity index (χ0v) is 19.8. The van der Waals surface area contributed by atoms with E-state index in [0.29, 0.717) is 18.8 Å². The van der Waals surface area contributed by atoms with E-state index in [1.807, 2.05) is 74.5 Å². The molecule has 0 spiro atoms. The Hall–Kier alpha value is -3.79. The van der Waals surface area contributed by atoms with E-state index in [1.54, 1.807) is 0 Å². The first-order chi connectivity index (χ1) is 16.6. The highest BCUT2D eigenvalue weighted by molar-refractivity contribution is 5.94. The van der Waals surface area contributed by atoms with Gasteiger partial charge in [0.15, 0.2) is 0 Å². The number of aryl methyl sites for hydroxylation is 1. The minimum atomic E-state index is -0.0879. The highest BCUT2D eigenvalue weighted by atomic mass is 16.5. The van der Waals surface area contributed by atoms with Gasteiger partial charge in [0.1, 0.15) is 18.1 Å². The Morgan fingerprint density at radius 2 is 1.62 bits per heavy atom. The van der Waals surface area contributed by atoms with Crippen molar-refractivity contribution in [2.24, 2.45) is 0 Å². The highest BCUT2D eigenvalue weighted by Gasteiger charge is 2.14. The number of carbonyl (C=O) groups excluding carboxylic acids is 1. The molecule has 0 aliphatic rings. The monoisotopic (exact) mass is 453 g/mol. The number of hydrogen-bond acceptors (Lipinski definition) is 3. The van der Waals surface area contributed by atoms with Gasteiger partial charge < -0.3 is 14.8 Å². The zero-order valence-electron chi connectivity index (χ0n) is 19.8. The summed E-state index contributed by atoms with van der Waals surface area (Å²) < 4.78 is 12.0. The third-order valence-electron chi connectivity index (χ3n) is 5.84. The van der Waals surface area contributed by atoms with E-state index in [-0.39, 0.29) is 11.9 Å². The lowest BCUT2D eigenvalue weighted by molar-refractivity contribution is 0.0938. The van der Waals surface area contributed by atoms with Crippen LogP contribution in [0.15, 0.2) is 91.0 Å². The van der Waals surface area contributed by atoms with E-state index in [4.69, 9.17) is 9.47 Å². The van der Waals surface area contributed by atoms with E-state index in [0.717, 1.165) is 40.7 Å². The number of rotatable bonds is 10. The summed E-state index contributed by atoms with van der Waals surface area (Å²) in [4.78, 5) is 12.9. The molecule has 0 aliphatic carbocycles. The van der Waals surface area contributed by atoms with Crippen molar-refractivity contribution in [2.45, 2.75) is 39.3 Å². The van der Waals surface area contributed by atoms with Crippen molar-refractivity contribution in [3.63, 3.8) is 0 Å². The normalized spacial score (nSPS) is 11.7. The van der Waals surface area contributed by atoms with Crippen LogP contribution in [0.4, 0.5) is 0 Å². The molecule has 0 saturated heterocycles. The second kappa shape index (κ2) is 11.4. The molecule has 0 aliphatic heterocycles. The molecule has 4 aromatic rings. The summed E-state index contributed by atoms with van der Waals surface area (Å²) in [5.74, 6) is 1.45. The summed E-state index contributed by atoms with van der Waals surface area (Å²) in [7, 11) is 0. The quantitative estimate of drug-likeness (QED) is 0.295. The van der Waals surface area contributed by atoms with Gasteiger partial charge in [-0.05, 0) is 61.9 Å². The van der Waals surface area contributed by atoms with Gasteiger partial charge in [0.25, 0.3) is 5.91 Å². The number of benzene rings is 4. The number of nitrogens with one attached hydrogen (secondary N) is 1. The Bertz CT molecular complexity index is 1230. The maximum atomic E-state index is 12.9. The van der Waals surface area contributed by atoms with Gasteiger partial charge in [0.2, 0.25) is 0 Å². The van der Waals surface area contributed by atoms with Crippen molar-refractivity contribution >= 4 is 16.7 Å². The molecule has 4 heteroatoms. The smallest absolute Gasteiger partial charge is 0.251 e. The SMILES string of the molecule is CCOc1ccc(C(=O)N[C@@H](C)CCc2ccccc2)cc1COc1cccc2ccccc12. The molecular weight excluding hydrogens is 422 g/mol. The third kappa shape index (κ3) is 5.96. The standard InChI is InChI=1S/C30H31NO3/c1-3-33-28-19-18-25(30(32)31-22(2)16-17-23-10-5-4-6-11-23)20-26(28)21-34-29-15-9-13-24-12-7-8-14-27(24)29/h4-15,18-20,22H,3,16-17,21H2,1-2H3,(H,31,32)/t22-/m0/s1. The molecule has 174 valence electrons. The molecule has 1 amide bonds. The van der Waals surface area contributed by atoms with Crippen molar-refractivity contribution in [1.82, 2.24) is 5.32 Å². The Labute approximate surface area is 201 Å². The molecule has 0 unspecified atom stereocenters. The molecule has 0 saturated carbocycles.